The van der Waals surface area contributed by atoms with Crippen molar-refractivity contribution in [3.8, 4) is 22.3 Å². The number of hydrogen-bond acceptors (Lipinski definition) is 4. The van der Waals surface area contributed by atoms with Gasteiger partial charge in [-0.1, -0.05) is 127 Å². The van der Waals surface area contributed by atoms with Gasteiger partial charge in [0.1, 0.15) is 0 Å². The highest BCUT2D eigenvalue weighted by Crippen LogP contribution is 2.45. The fraction of sp³-hybridized carbons (Fsp3) is 0.0189. The number of fused-ring (bicyclic) bond motifs is 9. The summed E-state index contributed by atoms with van der Waals surface area (Å²) in [5, 5.41) is 11.6. The summed E-state index contributed by atoms with van der Waals surface area (Å²) in [5.74, 6) is 0. The highest BCUT2D eigenvalue weighted by molar-refractivity contribution is 7.26. The molecule has 0 amide bonds. The van der Waals surface area contributed by atoms with Crippen LogP contribution in [0.2, 0.25) is 0 Å². The summed E-state index contributed by atoms with van der Waals surface area (Å²) in [5.41, 5.74) is 14.7. The first-order chi connectivity index (χ1) is 28.6. The fourth-order valence-electron chi connectivity index (χ4n) is 9.13. The first-order valence-electron chi connectivity index (χ1n) is 19.9. The molecule has 5 heteroatoms. The van der Waals surface area contributed by atoms with Gasteiger partial charge in [0.2, 0.25) is 0 Å². The normalized spacial score (nSPS) is 12.3. The average Bonchev–Trinajstić information content (AvgIpc) is 3.82. The zero-order valence-corrected chi connectivity index (χ0v) is 33.4. The topological polar surface area (TPSA) is 15.3 Å². The summed E-state index contributed by atoms with van der Waals surface area (Å²) in [6.45, 7) is 2.25. The molecule has 9 aromatic carbocycles. The van der Waals surface area contributed by atoms with Gasteiger partial charge < -0.3 is 10.2 Å². The molecule has 0 saturated heterocycles. The molecule has 0 saturated carbocycles. The van der Waals surface area contributed by atoms with Gasteiger partial charge in [-0.2, -0.15) is 0 Å². The van der Waals surface area contributed by atoms with E-state index in [4.69, 9.17) is 0 Å². The second-order valence-electron chi connectivity index (χ2n) is 15.5. The number of hydrogen-bond donors (Lipinski definition) is 1. The smallest absolute Gasteiger partial charge is 0.198 e. The van der Waals surface area contributed by atoms with Crippen molar-refractivity contribution in [1.82, 2.24) is 0 Å². The van der Waals surface area contributed by atoms with Crippen LogP contribution < -0.4 is 21.1 Å². The molecule has 0 bridgehead atoms. The SMILES string of the molecule is Cc1cc(-c2cc3ccccc3cc2Nc2ccc(-c3ccccc3)cc2)c2c(c1)N(c1ccc3c(c1)sc1ccccc13)c1cc3sc4ccccc4c3cc1B2. The largest absolute Gasteiger partial charge is 0.355 e. The van der Waals surface area contributed by atoms with Crippen LogP contribution in [0.5, 0.6) is 0 Å². The van der Waals surface area contributed by atoms with Crippen LogP contribution in [0, 0.1) is 6.92 Å². The van der Waals surface area contributed by atoms with E-state index in [1.54, 1.807) is 0 Å². The van der Waals surface area contributed by atoms with Crippen LogP contribution in [0.15, 0.2) is 182 Å². The Hall–Kier alpha value is -6.66. The van der Waals surface area contributed by atoms with Gasteiger partial charge in [0.25, 0.3) is 0 Å². The minimum absolute atomic E-state index is 0.833. The maximum Gasteiger partial charge on any atom is 0.198 e. The van der Waals surface area contributed by atoms with Crippen molar-refractivity contribution in [3.63, 3.8) is 0 Å². The summed E-state index contributed by atoms with van der Waals surface area (Å²) in [6, 6.07) is 67.3. The average molecular weight is 775 g/mol. The summed E-state index contributed by atoms with van der Waals surface area (Å²) in [6.07, 6.45) is 0. The van der Waals surface area contributed by atoms with Gasteiger partial charge in [-0.05, 0) is 111 Å². The molecule has 272 valence electrons. The number of benzene rings is 9. The Labute approximate surface area is 345 Å². The molecule has 1 aliphatic heterocycles. The molecule has 1 N–H and O–H groups in total. The van der Waals surface area contributed by atoms with E-state index in [0.717, 1.165) is 18.7 Å². The lowest BCUT2D eigenvalue weighted by Gasteiger charge is -2.35. The summed E-state index contributed by atoms with van der Waals surface area (Å²) >= 11 is 3.77. The lowest BCUT2D eigenvalue weighted by molar-refractivity contribution is 1.29. The second kappa shape index (κ2) is 13.2. The molecule has 3 heterocycles. The standard InChI is InChI=1S/C53H35BN2S2/c1-32-25-44(42-27-35-13-5-6-14-36(35)28-46(42)55-37-21-19-34(20-22-37)33-11-3-2-4-12-33)53-48(26-32)56(38-23-24-41-39-15-7-9-17-49(39)57-51(41)29-38)47-31-52-43(30-45(47)54-53)40-16-8-10-18-50(40)58-52/h2-31,54-55H,1H3. The molecule has 2 nitrogen and oxygen atoms in total. The summed E-state index contributed by atoms with van der Waals surface area (Å²) in [4.78, 5) is 2.55. The van der Waals surface area contributed by atoms with Gasteiger partial charge in [-0.25, -0.2) is 0 Å². The fourth-order valence-corrected chi connectivity index (χ4v) is 11.4. The Balaban J connectivity index is 1.07. The Bertz CT molecular complexity index is 3420. The number of thiophene rings is 2. The molecule has 58 heavy (non-hydrogen) atoms. The third kappa shape index (κ3) is 5.46. The van der Waals surface area contributed by atoms with Crippen molar-refractivity contribution in [1.29, 1.82) is 0 Å². The molecule has 0 radical (unpaired) electrons. The van der Waals surface area contributed by atoms with Gasteiger partial charge in [-0.15, -0.1) is 22.7 Å². The minimum atomic E-state index is 0.833. The van der Waals surface area contributed by atoms with E-state index < -0.39 is 0 Å². The van der Waals surface area contributed by atoms with Gasteiger partial charge in [0, 0.05) is 69.0 Å². The molecule has 0 atom stereocenters. The molecule has 1 aliphatic rings. The third-order valence-corrected chi connectivity index (χ3v) is 14.1. The monoisotopic (exact) mass is 774 g/mol. The van der Waals surface area contributed by atoms with Crippen molar-refractivity contribution in [3.05, 3.63) is 188 Å². The highest BCUT2D eigenvalue weighted by Gasteiger charge is 2.30. The Morgan fingerprint density at radius 2 is 1.10 bits per heavy atom. The molecular formula is C53H35BN2S2. The van der Waals surface area contributed by atoms with Crippen molar-refractivity contribution in [2.24, 2.45) is 0 Å². The zero-order chi connectivity index (χ0) is 38.3. The second-order valence-corrected chi connectivity index (χ2v) is 17.7. The van der Waals surface area contributed by atoms with Gasteiger partial charge in [0.05, 0.1) is 0 Å². The van der Waals surface area contributed by atoms with Crippen LogP contribution in [0.4, 0.5) is 28.4 Å². The predicted octanol–water partition coefficient (Wildman–Crippen LogP) is 14.1. The molecule has 0 aliphatic carbocycles. The molecule has 2 aromatic heterocycles. The molecule has 0 unspecified atom stereocenters. The van der Waals surface area contributed by atoms with Crippen LogP contribution in [0.1, 0.15) is 5.56 Å². The highest BCUT2D eigenvalue weighted by atomic mass is 32.1. The number of nitrogens with one attached hydrogen (secondary N) is 1. The lowest BCUT2D eigenvalue weighted by Crippen LogP contribution is -2.41. The van der Waals surface area contributed by atoms with Gasteiger partial charge in [0.15, 0.2) is 7.28 Å². The number of aryl methyl sites for hydroxylation is 1. The summed E-state index contributed by atoms with van der Waals surface area (Å²) < 4.78 is 5.28. The quantitative estimate of drug-likeness (QED) is 0.175. The lowest BCUT2D eigenvalue weighted by atomic mass is 9.58. The van der Waals surface area contributed by atoms with Gasteiger partial charge >= 0.3 is 0 Å². The van der Waals surface area contributed by atoms with Crippen LogP contribution in [-0.2, 0) is 0 Å². The predicted molar refractivity (Wildman–Crippen MR) is 256 cm³/mol. The third-order valence-electron chi connectivity index (χ3n) is 11.9. The van der Waals surface area contributed by atoms with E-state index in [1.165, 1.54) is 107 Å². The Morgan fingerprint density at radius 3 is 1.88 bits per heavy atom. The van der Waals surface area contributed by atoms with E-state index in [-0.39, 0.29) is 0 Å². The van der Waals surface area contributed by atoms with Crippen LogP contribution >= 0.6 is 22.7 Å². The molecule has 0 fully saturated rings. The minimum Gasteiger partial charge on any atom is -0.355 e. The van der Waals surface area contributed by atoms with Gasteiger partial charge in [-0.3, -0.25) is 0 Å². The van der Waals surface area contributed by atoms with Crippen molar-refractivity contribution in [2.75, 3.05) is 10.2 Å². The molecular weight excluding hydrogens is 740 g/mol. The maximum atomic E-state index is 3.89. The maximum absolute atomic E-state index is 3.89. The molecule has 11 aromatic rings. The zero-order valence-electron chi connectivity index (χ0n) is 31.8. The van der Waals surface area contributed by atoms with Crippen molar-refractivity contribution < 1.29 is 0 Å². The first-order valence-corrected chi connectivity index (χ1v) is 21.5. The molecule has 12 rings (SSSR count). The number of rotatable bonds is 5. The van der Waals surface area contributed by atoms with E-state index in [0.29, 0.717) is 0 Å². The number of nitrogens with zero attached hydrogens (tertiary/aromatic N) is 1. The van der Waals surface area contributed by atoms with Crippen molar-refractivity contribution >= 4 is 120 Å². The Morgan fingerprint density at radius 1 is 0.466 bits per heavy atom. The van der Waals surface area contributed by atoms with Crippen molar-refractivity contribution in [2.45, 2.75) is 6.92 Å². The van der Waals surface area contributed by atoms with E-state index in [1.807, 2.05) is 22.7 Å². The van der Waals surface area contributed by atoms with Crippen LogP contribution in [0.3, 0.4) is 0 Å². The van der Waals surface area contributed by atoms with Crippen LogP contribution in [0.25, 0.3) is 73.4 Å². The molecule has 0 spiro atoms. The number of anilines is 5. The van der Waals surface area contributed by atoms with Crippen LogP contribution in [-0.4, -0.2) is 7.28 Å². The first kappa shape index (κ1) is 33.5. The van der Waals surface area contributed by atoms with E-state index >= 15 is 0 Å². The van der Waals surface area contributed by atoms with E-state index in [2.05, 4.69) is 199 Å². The van der Waals surface area contributed by atoms with E-state index in [9.17, 15) is 0 Å². The Kier molecular flexibility index (Phi) is 7.62. The summed E-state index contributed by atoms with van der Waals surface area (Å²) in [7, 11) is 0.833.